The van der Waals surface area contributed by atoms with E-state index >= 15 is 0 Å². The molecule has 0 saturated heterocycles. The van der Waals surface area contributed by atoms with Crippen molar-refractivity contribution >= 4 is 28.5 Å². The standard InChI is InChI=1S/C24H23NO6/c1-2-29-23(27)15-7-9-16(10-8-15)25-22(26)14-30-17-11-12-19-18-5-3-4-6-20(18)24(28)31-21(19)13-17/h7-13H,2-6,14H2,1H3,(H,25,26). The molecule has 0 spiro atoms. The third-order valence-electron chi connectivity index (χ3n) is 5.24. The Morgan fingerprint density at radius 2 is 1.77 bits per heavy atom. The molecule has 1 aromatic heterocycles. The first-order valence-electron chi connectivity index (χ1n) is 10.3. The van der Waals surface area contributed by atoms with Crippen molar-refractivity contribution in [2.24, 2.45) is 0 Å². The summed E-state index contributed by atoms with van der Waals surface area (Å²) in [6.45, 7) is 1.83. The number of amides is 1. The molecular formula is C24H23NO6. The Balaban J connectivity index is 1.40. The van der Waals surface area contributed by atoms with Crippen LogP contribution in [0.4, 0.5) is 5.69 Å². The lowest BCUT2D eigenvalue weighted by Crippen LogP contribution is -2.20. The van der Waals surface area contributed by atoms with Gasteiger partial charge in [0.2, 0.25) is 0 Å². The van der Waals surface area contributed by atoms with Gasteiger partial charge >= 0.3 is 11.6 Å². The second-order valence-electron chi connectivity index (χ2n) is 7.35. The molecule has 1 aliphatic carbocycles. The van der Waals surface area contributed by atoms with Gasteiger partial charge in [0.25, 0.3) is 5.91 Å². The number of esters is 1. The SMILES string of the molecule is CCOC(=O)c1ccc(NC(=O)COc2ccc3c4c(c(=O)oc3c2)CCCC4)cc1. The highest BCUT2D eigenvalue weighted by atomic mass is 16.5. The maximum absolute atomic E-state index is 12.3. The first kappa shape index (κ1) is 20.7. The molecule has 1 aliphatic rings. The lowest BCUT2D eigenvalue weighted by Gasteiger charge is -2.16. The second kappa shape index (κ2) is 9.04. The number of carbonyl (C=O) groups excluding carboxylic acids is 2. The van der Waals surface area contributed by atoms with Gasteiger partial charge in [-0.15, -0.1) is 0 Å². The number of nitrogens with one attached hydrogen (secondary N) is 1. The normalized spacial score (nSPS) is 12.8. The number of hydrogen-bond acceptors (Lipinski definition) is 6. The van der Waals surface area contributed by atoms with Crippen LogP contribution in [0.3, 0.4) is 0 Å². The molecule has 7 heteroatoms. The number of hydrogen-bond donors (Lipinski definition) is 1. The molecular weight excluding hydrogens is 398 g/mol. The summed E-state index contributed by atoms with van der Waals surface area (Å²) in [5.74, 6) is -0.317. The third kappa shape index (κ3) is 4.60. The molecule has 3 aromatic rings. The van der Waals surface area contributed by atoms with E-state index in [1.807, 2.05) is 6.07 Å². The summed E-state index contributed by atoms with van der Waals surface area (Å²) in [6.07, 6.45) is 3.69. The summed E-state index contributed by atoms with van der Waals surface area (Å²) < 4.78 is 16.0. The highest BCUT2D eigenvalue weighted by molar-refractivity contribution is 5.93. The Kier molecular flexibility index (Phi) is 6.02. The quantitative estimate of drug-likeness (QED) is 0.480. The number of fused-ring (bicyclic) bond motifs is 3. The van der Waals surface area contributed by atoms with Crippen LogP contribution in [0.15, 0.2) is 51.7 Å². The summed E-state index contributed by atoms with van der Waals surface area (Å²) in [5.41, 5.74) is 2.98. The van der Waals surface area contributed by atoms with Gasteiger partial charge in [-0.3, -0.25) is 4.79 Å². The molecule has 1 heterocycles. The van der Waals surface area contributed by atoms with Crippen molar-refractivity contribution in [1.82, 2.24) is 0 Å². The van der Waals surface area contributed by atoms with Gasteiger partial charge in [-0.05, 0) is 74.6 Å². The second-order valence-corrected chi connectivity index (χ2v) is 7.35. The maximum atomic E-state index is 12.3. The van der Waals surface area contributed by atoms with E-state index in [2.05, 4.69) is 5.32 Å². The zero-order valence-electron chi connectivity index (χ0n) is 17.2. The average Bonchev–Trinajstić information content (AvgIpc) is 2.78. The minimum absolute atomic E-state index is 0.208. The van der Waals surface area contributed by atoms with Crippen molar-refractivity contribution in [3.8, 4) is 5.75 Å². The first-order chi connectivity index (χ1) is 15.0. The van der Waals surface area contributed by atoms with Crippen molar-refractivity contribution in [2.75, 3.05) is 18.5 Å². The van der Waals surface area contributed by atoms with Crippen LogP contribution in [-0.4, -0.2) is 25.1 Å². The first-order valence-corrected chi connectivity index (χ1v) is 10.3. The van der Waals surface area contributed by atoms with Crippen molar-refractivity contribution in [3.63, 3.8) is 0 Å². The Hall–Kier alpha value is -3.61. The lowest BCUT2D eigenvalue weighted by molar-refractivity contribution is -0.118. The molecule has 7 nitrogen and oxygen atoms in total. The van der Waals surface area contributed by atoms with Crippen LogP contribution >= 0.6 is 0 Å². The molecule has 0 saturated carbocycles. The summed E-state index contributed by atoms with van der Waals surface area (Å²) in [6, 6.07) is 11.7. The van der Waals surface area contributed by atoms with E-state index in [4.69, 9.17) is 13.9 Å². The number of carbonyl (C=O) groups is 2. The van der Waals surface area contributed by atoms with Crippen LogP contribution in [0.5, 0.6) is 5.75 Å². The fourth-order valence-electron chi connectivity index (χ4n) is 3.77. The fourth-order valence-corrected chi connectivity index (χ4v) is 3.77. The zero-order valence-corrected chi connectivity index (χ0v) is 17.2. The van der Waals surface area contributed by atoms with Crippen molar-refractivity contribution in [1.29, 1.82) is 0 Å². The van der Waals surface area contributed by atoms with E-state index in [9.17, 15) is 14.4 Å². The summed E-state index contributed by atoms with van der Waals surface area (Å²) in [7, 11) is 0. The Labute approximate surface area is 179 Å². The van der Waals surface area contributed by atoms with Gasteiger partial charge in [-0.2, -0.15) is 0 Å². The van der Waals surface area contributed by atoms with E-state index in [0.29, 0.717) is 29.2 Å². The van der Waals surface area contributed by atoms with E-state index in [1.165, 1.54) is 0 Å². The summed E-state index contributed by atoms with van der Waals surface area (Å²) >= 11 is 0. The van der Waals surface area contributed by atoms with E-state index in [-0.39, 0.29) is 18.1 Å². The van der Waals surface area contributed by atoms with E-state index < -0.39 is 5.97 Å². The van der Waals surface area contributed by atoms with E-state index in [0.717, 1.165) is 42.2 Å². The average molecular weight is 421 g/mol. The molecule has 1 N–H and O–H groups in total. The van der Waals surface area contributed by atoms with Crippen LogP contribution in [0.2, 0.25) is 0 Å². The smallest absolute Gasteiger partial charge is 0.339 e. The molecule has 0 aliphatic heterocycles. The molecule has 31 heavy (non-hydrogen) atoms. The number of benzene rings is 2. The van der Waals surface area contributed by atoms with E-state index in [1.54, 1.807) is 43.3 Å². The van der Waals surface area contributed by atoms with Crippen LogP contribution in [-0.2, 0) is 22.4 Å². The largest absolute Gasteiger partial charge is 0.484 e. The molecule has 160 valence electrons. The number of ether oxygens (including phenoxy) is 2. The van der Waals surface area contributed by atoms with Crippen LogP contribution in [0.1, 0.15) is 41.3 Å². The Bertz CT molecular complexity index is 1180. The van der Waals surface area contributed by atoms with Gasteiger partial charge in [0, 0.05) is 22.7 Å². The van der Waals surface area contributed by atoms with Crippen molar-refractivity contribution < 1.29 is 23.5 Å². The topological polar surface area (TPSA) is 94.8 Å². The zero-order chi connectivity index (χ0) is 21.8. The van der Waals surface area contributed by atoms with Gasteiger partial charge in [0.05, 0.1) is 12.2 Å². The maximum Gasteiger partial charge on any atom is 0.339 e. The van der Waals surface area contributed by atoms with Crippen molar-refractivity contribution in [2.45, 2.75) is 32.6 Å². The van der Waals surface area contributed by atoms with Gasteiger partial charge in [-0.25, -0.2) is 9.59 Å². The molecule has 0 bridgehead atoms. The molecule has 0 unspecified atom stereocenters. The minimum atomic E-state index is -0.409. The molecule has 0 radical (unpaired) electrons. The molecule has 2 aromatic carbocycles. The monoisotopic (exact) mass is 421 g/mol. The number of rotatable bonds is 6. The molecule has 1 amide bonds. The molecule has 0 fully saturated rings. The van der Waals surface area contributed by atoms with Crippen LogP contribution in [0, 0.1) is 0 Å². The van der Waals surface area contributed by atoms with Gasteiger partial charge < -0.3 is 19.2 Å². The van der Waals surface area contributed by atoms with Crippen molar-refractivity contribution in [3.05, 3.63) is 69.6 Å². The fraction of sp³-hybridized carbons (Fsp3) is 0.292. The highest BCUT2D eigenvalue weighted by Gasteiger charge is 2.18. The summed E-state index contributed by atoms with van der Waals surface area (Å²) in [4.78, 5) is 36.1. The summed E-state index contributed by atoms with van der Waals surface area (Å²) in [5, 5.41) is 3.63. The van der Waals surface area contributed by atoms with Crippen LogP contribution in [0.25, 0.3) is 11.0 Å². The van der Waals surface area contributed by atoms with Gasteiger partial charge in [0.15, 0.2) is 6.61 Å². The molecule has 4 rings (SSSR count). The predicted octanol–water partition coefficient (Wildman–Crippen LogP) is 3.87. The third-order valence-corrected chi connectivity index (χ3v) is 5.24. The van der Waals surface area contributed by atoms with Crippen LogP contribution < -0.4 is 15.7 Å². The number of anilines is 1. The Morgan fingerprint density at radius 1 is 1.03 bits per heavy atom. The Morgan fingerprint density at radius 3 is 2.52 bits per heavy atom. The number of aryl methyl sites for hydroxylation is 1. The predicted molar refractivity (Wildman–Crippen MR) is 116 cm³/mol. The molecule has 0 atom stereocenters. The van der Waals surface area contributed by atoms with Gasteiger partial charge in [-0.1, -0.05) is 0 Å². The lowest BCUT2D eigenvalue weighted by atomic mass is 9.91. The minimum Gasteiger partial charge on any atom is -0.484 e. The van der Waals surface area contributed by atoms with Gasteiger partial charge in [0.1, 0.15) is 11.3 Å². The highest BCUT2D eigenvalue weighted by Crippen LogP contribution is 2.29.